The van der Waals surface area contributed by atoms with Crippen LogP contribution in [0.15, 0.2) is 79.5 Å². The molecular formula is C36H42N8O3. The van der Waals surface area contributed by atoms with Gasteiger partial charge in [0.25, 0.3) is 0 Å². The molecule has 2 aliphatic heterocycles. The number of hydrogen-bond donors (Lipinski definition) is 3. The smallest absolute Gasteiger partial charge is 0.322 e. The molecular weight excluding hydrogens is 592 g/mol. The van der Waals surface area contributed by atoms with Gasteiger partial charge in [0.1, 0.15) is 5.82 Å². The molecule has 1 saturated carbocycles. The number of ether oxygens (including phenoxy) is 1. The summed E-state index contributed by atoms with van der Waals surface area (Å²) in [5.41, 5.74) is 3.86. The van der Waals surface area contributed by atoms with Gasteiger partial charge in [-0.15, -0.1) is 0 Å². The van der Waals surface area contributed by atoms with E-state index in [1.807, 2.05) is 59.5 Å². The molecule has 0 atom stereocenters. The number of benzene rings is 2. The van der Waals surface area contributed by atoms with Crippen molar-refractivity contribution in [1.82, 2.24) is 15.2 Å². The molecule has 244 valence electrons. The van der Waals surface area contributed by atoms with Gasteiger partial charge in [0.05, 0.1) is 37.2 Å². The Kier molecular flexibility index (Phi) is 10.3. The molecule has 2 aromatic carbocycles. The Balaban J connectivity index is 1.21. The average Bonchev–Trinajstić information content (AvgIpc) is 3.09. The molecule has 1 aliphatic carbocycles. The minimum Gasteiger partial charge on any atom is -0.378 e. The van der Waals surface area contributed by atoms with Crippen LogP contribution in [0.25, 0.3) is 4.85 Å². The van der Waals surface area contributed by atoms with Crippen molar-refractivity contribution in [3.05, 3.63) is 96.5 Å². The fourth-order valence-electron chi connectivity index (χ4n) is 6.57. The van der Waals surface area contributed by atoms with Crippen LogP contribution in [0.1, 0.15) is 31.2 Å². The van der Waals surface area contributed by atoms with Gasteiger partial charge in [-0.1, -0.05) is 43.0 Å². The van der Waals surface area contributed by atoms with Crippen LogP contribution in [0.4, 0.5) is 33.4 Å². The molecule has 0 spiro atoms. The zero-order valence-electron chi connectivity index (χ0n) is 26.6. The van der Waals surface area contributed by atoms with Crippen molar-refractivity contribution in [3.8, 4) is 0 Å². The topological polar surface area (TPSA) is 106 Å². The molecule has 11 nitrogen and oxygen atoms in total. The first-order valence-corrected chi connectivity index (χ1v) is 16.4. The van der Waals surface area contributed by atoms with Crippen molar-refractivity contribution in [2.24, 2.45) is 0 Å². The summed E-state index contributed by atoms with van der Waals surface area (Å²) >= 11 is 0. The Morgan fingerprint density at radius 3 is 2.43 bits per heavy atom. The van der Waals surface area contributed by atoms with E-state index in [0.717, 1.165) is 87.8 Å². The molecule has 2 saturated heterocycles. The molecule has 0 radical (unpaired) electrons. The number of amides is 3. The molecule has 3 heterocycles. The first kappa shape index (κ1) is 32.0. The number of carbonyl (C=O) groups excluding carboxylic acids is 2. The van der Waals surface area contributed by atoms with Gasteiger partial charge in [-0.05, 0) is 61.6 Å². The van der Waals surface area contributed by atoms with Crippen LogP contribution in [0, 0.1) is 6.57 Å². The summed E-state index contributed by atoms with van der Waals surface area (Å²) in [6.07, 6.45) is 6.14. The van der Waals surface area contributed by atoms with Gasteiger partial charge in [-0.3, -0.25) is 19.6 Å². The maximum atomic E-state index is 14.0. The van der Waals surface area contributed by atoms with Gasteiger partial charge in [-0.25, -0.2) is 9.64 Å². The second kappa shape index (κ2) is 15.1. The Hall–Kier alpha value is -4.92. The van der Waals surface area contributed by atoms with Crippen molar-refractivity contribution in [3.63, 3.8) is 0 Å². The summed E-state index contributed by atoms with van der Waals surface area (Å²) in [7, 11) is 0. The van der Waals surface area contributed by atoms with Crippen molar-refractivity contribution >= 4 is 40.5 Å². The number of carbonyl (C=O) groups is 2. The Morgan fingerprint density at radius 2 is 1.79 bits per heavy atom. The third-order valence-corrected chi connectivity index (χ3v) is 9.29. The highest BCUT2D eigenvalue weighted by atomic mass is 16.5. The number of pyridine rings is 1. The maximum absolute atomic E-state index is 14.0. The van der Waals surface area contributed by atoms with Crippen LogP contribution in [-0.4, -0.2) is 79.3 Å². The van der Waals surface area contributed by atoms with E-state index in [4.69, 9.17) is 11.3 Å². The molecule has 6 rings (SSSR count). The van der Waals surface area contributed by atoms with Crippen LogP contribution in [0.2, 0.25) is 0 Å². The summed E-state index contributed by atoms with van der Waals surface area (Å²) in [5.74, 6) is 0.455. The lowest BCUT2D eigenvalue weighted by Gasteiger charge is -2.43. The fraction of sp³-hybridized carbons (Fsp3) is 0.389. The van der Waals surface area contributed by atoms with E-state index in [-0.39, 0.29) is 24.0 Å². The monoisotopic (exact) mass is 634 g/mol. The number of piperazine rings is 1. The molecule has 0 unspecified atom stereocenters. The van der Waals surface area contributed by atoms with E-state index in [9.17, 15) is 9.59 Å². The number of nitrogens with zero attached hydrogens (tertiary/aromatic N) is 5. The Morgan fingerprint density at radius 1 is 1.02 bits per heavy atom. The number of rotatable bonds is 10. The number of hydrogen-bond acceptors (Lipinski definition) is 7. The van der Waals surface area contributed by atoms with Gasteiger partial charge in [0.15, 0.2) is 0 Å². The lowest BCUT2D eigenvalue weighted by atomic mass is 9.89. The summed E-state index contributed by atoms with van der Waals surface area (Å²) < 4.78 is 5.40. The standard InChI is InChI=1S/C36H42N8O3/c1-3-35(45)41-32-21-30(14-15-33(32)43-19-17-42(18-20-43)31-24-47-25-31)44(36(46)39-22-26-7-5-4-6-8-26)29-12-9-27(10-13-29)40-34-16-11-28(37-2)23-38-34/h3-8,11,14-16,21,23,27,29,31H,1,9-10,12-13,17-20,22,24-25H2,(H,38,40)(H,39,46)(H,41,45). The highest BCUT2D eigenvalue weighted by Gasteiger charge is 2.32. The van der Waals surface area contributed by atoms with E-state index in [2.05, 4.69) is 42.2 Å². The van der Waals surface area contributed by atoms with Gasteiger partial charge in [0.2, 0.25) is 11.6 Å². The summed E-state index contributed by atoms with van der Waals surface area (Å²) in [5, 5.41) is 9.67. The first-order chi connectivity index (χ1) is 23.0. The second-order valence-electron chi connectivity index (χ2n) is 12.3. The van der Waals surface area contributed by atoms with Gasteiger partial charge < -0.3 is 25.6 Å². The van der Waals surface area contributed by atoms with E-state index in [1.165, 1.54) is 6.08 Å². The summed E-state index contributed by atoms with van der Waals surface area (Å²) in [6, 6.07) is 19.9. The van der Waals surface area contributed by atoms with Crippen LogP contribution >= 0.6 is 0 Å². The molecule has 1 aromatic heterocycles. The third-order valence-electron chi connectivity index (χ3n) is 9.29. The maximum Gasteiger partial charge on any atom is 0.322 e. The zero-order valence-corrected chi connectivity index (χ0v) is 26.6. The van der Waals surface area contributed by atoms with Crippen LogP contribution in [0.3, 0.4) is 0 Å². The molecule has 3 N–H and O–H groups in total. The zero-order chi connectivity index (χ0) is 32.6. The summed E-state index contributed by atoms with van der Waals surface area (Å²) in [6.45, 7) is 16.3. The third kappa shape index (κ3) is 7.91. The summed E-state index contributed by atoms with van der Waals surface area (Å²) in [4.78, 5) is 41.0. The van der Waals surface area contributed by atoms with E-state index < -0.39 is 0 Å². The highest BCUT2D eigenvalue weighted by Crippen LogP contribution is 2.36. The largest absolute Gasteiger partial charge is 0.378 e. The quantitative estimate of drug-likeness (QED) is 0.202. The van der Waals surface area contributed by atoms with Crippen LogP contribution < -0.4 is 25.8 Å². The number of anilines is 4. The van der Waals surface area contributed by atoms with Crippen molar-refractivity contribution in [1.29, 1.82) is 0 Å². The van der Waals surface area contributed by atoms with E-state index in [0.29, 0.717) is 24.0 Å². The Bertz CT molecular complexity index is 1570. The van der Waals surface area contributed by atoms with Crippen LogP contribution in [-0.2, 0) is 16.1 Å². The minimum atomic E-state index is -0.293. The van der Waals surface area contributed by atoms with E-state index >= 15 is 0 Å². The second-order valence-corrected chi connectivity index (χ2v) is 12.3. The number of urea groups is 1. The molecule has 3 aromatic rings. The highest BCUT2D eigenvalue weighted by molar-refractivity contribution is 6.02. The molecule has 47 heavy (non-hydrogen) atoms. The minimum absolute atomic E-state index is 0.0386. The predicted molar refractivity (Wildman–Crippen MR) is 185 cm³/mol. The fourth-order valence-corrected chi connectivity index (χ4v) is 6.57. The SMILES string of the molecule is [C-]#[N+]c1ccc(NC2CCC(N(C(=O)NCc3ccccc3)c3ccc(N4CCN(C5COC5)CC4)c(NC(=O)C=C)c3)CC2)nc1. The van der Waals surface area contributed by atoms with Crippen LogP contribution in [0.5, 0.6) is 0 Å². The van der Waals surface area contributed by atoms with Crippen molar-refractivity contribution < 1.29 is 14.3 Å². The average molecular weight is 635 g/mol. The molecule has 3 fully saturated rings. The van der Waals surface area contributed by atoms with Gasteiger partial charge >= 0.3 is 6.03 Å². The Labute approximate surface area is 276 Å². The first-order valence-electron chi connectivity index (χ1n) is 16.4. The van der Waals surface area contributed by atoms with Crippen molar-refractivity contribution in [2.75, 3.05) is 59.8 Å². The normalized spacial score (nSPS) is 19.9. The lowest BCUT2D eigenvalue weighted by Crippen LogP contribution is -2.56. The van der Waals surface area contributed by atoms with Crippen molar-refractivity contribution in [2.45, 2.75) is 50.4 Å². The van der Waals surface area contributed by atoms with Gasteiger partial charge in [-0.2, -0.15) is 0 Å². The van der Waals surface area contributed by atoms with Gasteiger partial charge in [0, 0.05) is 56.7 Å². The number of nitrogens with one attached hydrogen (secondary N) is 3. The lowest BCUT2D eigenvalue weighted by molar-refractivity contribution is -0.111. The molecule has 0 bridgehead atoms. The predicted octanol–water partition coefficient (Wildman–Crippen LogP) is 5.42. The molecule has 3 amide bonds. The molecule has 11 heteroatoms. The number of aromatic nitrogens is 1. The van der Waals surface area contributed by atoms with E-state index in [1.54, 1.807) is 12.3 Å². The molecule has 3 aliphatic rings.